The largest absolute Gasteiger partial charge is 0.756 e. The van der Waals surface area contributed by atoms with Crippen LogP contribution in [0.4, 0.5) is 0 Å². The maximum Gasteiger partial charge on any atom is 0.306 e. The number of carbonyl (C=O) groups excluding carboxylic acids is 2. The Morgan fingerprint density at radius 1 is 0.427 bits per heavy atom. The Labute approximate surface area is 464 Å². The van der Waals surface area contributed by atoms with Crippen molar-refractivity contribution in [2.75, 3.05) is 47.5 Å². The highest BCUT2D eigenvalue weighted by Crippen LogP contribution is 2.38. The molecule has 0 aliphatic carbocycles. The third kappa shape index (κ3) is 61.1. The molecule has 2 unspecified atom stereocenters. The second-order valence-corrected chi connectivity index (χ2v) is 24.2. The van der Waals surface area contributed by atoms with E-state index in [1.54, 1.807) is 0 Å². The maximum absolute atomic E-state index is 12.8. The smallest absolute Gasteiger partial charge is 0.306 e. The van der Waals surface area contributed by atoms with Crippen LogP contribution in [0.5, 0.6) is 0 Å². The molecule has 0 N–H and O–H groups in total. The van der Waals surface area contributed by atoms with Crippen molar-refractivity contribution < 1.29 is 42.1 Å². The molecule has 0 bridgehead atoms. The van der Waals surface area contributed by atoms with Crippen molar-refractivity contribution in [1.29, 1.82) is 0 Å². The molecule has 0 aromatic carbocycles. The molecule has 9 nitrogen and oxygen atoms in total. The molecule has 0 amide bonds. The Balaban J connectivity index is 4.06. The number of hydrogen-bond acceptors (Lipinski definition) is 8. The third-order valence-electron chi connectivity index (χ3n) is 14.1. The van der Waals surface area contributed by atoms with Crippen LogP contribution in [0.15, 0.2) is 48.6 Å². The predicted molar refractivity (Wildman–Crippen MR) is 319 cm³/mol. The molecule has 0 aromatic rings. The summed E-state index contributed by atoms with van der Waals surface area (Å²) < 4.78 is 34.2. The average Bonchev–Trinajstić information content (AvgIpc) is 3.37. The Morgan fingerprint density at radius 2 is 0.760 bits per heavy atom. The number of quaternary nitrogens is 1. The van der Waals surface area contributed by atoms with Gasteiger partial charge in [-0.1, -0.05) is 287 Å². The van der Waals surface area contributed by atoms with E-state index < -0.39 is 26.5 Å². The molecule has 10 heteroatoms. The van der Waals surface area contributed by atoms with Crippen molar-refractivity contribution in [3.63, 3.8) is 0 Å². The number of phosphoric ester groups is 1. The molecule has 0 aromatic heterocycles. The summed E-state index contributed by atoms with van der Waals surface area (Å²) in [5.41, 5.74) is 0. The summed E-state index contributed by atoms with van der Waals surface area (Å²) in [4.78, 5) is 38.0. The van der Waals surface area contributed by atoms with Crippen LogP contribution in [0, 0.1) is 0 Å². The summed E-state index contributed by atoms with van der Waals surface area (Å²) in [7, 11) is 1.17. The number of unbranched alkanes of at least 4 members (excludes halogenated alkanes) is 37. The molecule has 0 spiro atoms. The van der Waals surface area contributed by atoms with Crippen LogP contribution in [-0.2, 0) is 32.7 Å². The lowest BCUT2D eigenvalue weighted by Crippen LogP contribution is -2.37. The van der Waals surface area contributed by atoms with Gasteiger partial charge in [-0.2, -0.15) is 0 Å². The molecule has 440 valence electrons. The van der Waals surface area contributed by atoms with Crippen molar-refractivity contribution in [1.82, 2.24) is 0 Å². The summed E-state index contributed by atoms with van der Waals surface area (Å²) in [6.45, 7) is 4.17. The number of hydrogen-bond donors (Lipinski definition) is 0. The standard InChI is InChI=1S/C65H122NO8P/c1-6-8-10-12-14-16-18-20-22-24-26-28-30-31-32-33-34-36-37-39-41-43-45-47-49-51-53-55-57-64(67)71-61-63(62-73-75(69,70)72-60-59-66(3,4)5)74-65(68)58-56-54-52-50-48-46-44-42-40-38-35-29-27-25-23-21-19-17-15-13-11-9-7-2/h9,11,15,17,21,23,27,29,63H,6-8,10,12-14,16,18-20,22,24-26,28,30-62H2,1-5H3/b11-9-,17-15-,23-21-,29-27-. The Kier molecular flexibility index (Phi) is 55.1. The summed E-state index contributed by atoms with van der Waals surface area (Å²) in [5, 5.41) is 0. The first-order valence-electron chi connectivity index (χ1n) is 31.8. The van der Waals surface area contributed by atoms with Gasteiger partial charge >= 0.3 is 11.9 Å². The minimum Gasteiger partial charge on any atom is -0.756 e. The third-order valence-corrected chi connectivity index (χ3v) is 15.1. The van der Waals surface area contributed by atoms with Crippen molar-refractivity contribution >= 4 is 19.8 Å². The van der Waals surface area contributed by atoms with Gasteiger partial charge in [-0.25, -0.2) is 0 Å². The Hall–Kier alpha value is -2.03. The summed E-state index contributed by atoms with van der Waals surface area (Å²) >= 11 is 0. The van der Waals surface area contributed by atoms with E-state index in [2.05, 4.69) is 62.5 Å². The lowest BCUT2D eigenvalue weighted by molar-refractivity contribution is -0.870. The van der Waals surface area contributed by atoms with Gasteiger partial charge in [0.05, 0.1) is 27.7 Å². The number of likely N-dealkylation sites (N-methyl/N-ethyl adjacent to an activating group) is 1. The van der Waals surface area contributed by atoms with Crippen LogP contribution in [0.25, 0.3) is 0 Å². The van der Waals surface area contributed by atoms with Crippen molar-refractivity contribution in [2.24, 2.45) is 0 Å². The van der Waals surface area contributed by atoms with E-state index in [0.29, 0.717) is 17.4 Å². The lowest BCUT2D eigenvalue weighted by atomic mass is 10.0. The minimum absolute atomic E-state index is 0.0311. The van der Waals surface area contributed by atoms with Crippen LogP contribution >= 0.6 is 7.82 Å². The van der Waals surface area contributed by atoms with Crippen LogP contribution in [-0.4, -0.2) is 70.0 Å². The normalized spacial score (nSPS) is 13.5. The number of rotatable bonds is 59. The van der Waals surface area contributed by atoms with E-state index >= 15 is 0 Å². The highest BCUT2D eigenvalue weighted by atomic mass is 31.2. The van der Waals surface area contributed by atoms with Crippen LogP contribution in [0.2, 0.25) is 0 Å². The van der Waals surface area contributed by atoms with Gasteiger partial charge in [0, 0.05) is 12.8 Å². The quantitative estimate of drug-likeness (QED) is 0.0195. The van der Waals surface area contributed by atoms with E-state index in [1.807, 2.05) is 21.1 Å². The highest BCUT2D eigenvalue weighted by Gasteiger charge is 2.22. The van der Waals surface area contributed by atoms with Gasteiger partial charge in [-0.05, 0) is 51.4 Å². The monoisotopic (exact) mass is 1080 g/mol. The first-order valence-corrected chi connectivity index (χ1v) is 33.3. The molecule has 0 radical (unpaired) electrons. The fourth-order valence-electron chi connectivity index (χ4n) is 9.24. The molecule has 75 heavy (non-hydrogen) atoms. The fourth-order valence-corrected chi connectivity index (χ4v) is 9.97. The Morgan fingerprint density at radius 3 is 1.13 bits per heavy atom. The second kappa shape index (κ2) is 56.7. The summed E-state index contributed by atoms with van der Waals surface area (Å²) in [5.74, 6) is -0.824. The van der Waals surface area contributed by atoms with Crippen molar-refractivity contribution in [3.05, 3.63) is 48.6 Å². The van der Waals surface area contributed by atoms with E-state index in [4.69, 9.17) is 18.5 Å². The van der Waals surface area contributed by atoms with E-state index in [-0.39, 0.29) is 32.0 Å². The highest BCUT2D eigenvalue weighted by molar-refractivity contribution is 7.45. The number of phosphoric acid groups is 1. The molecule has 0 saturated carbocycles. The van der Waals surface area contributed by atoms with Crippen LogP contribution in [0.3, 0.4) is 0 Å². The molecule has 2 atom stereocenters. The van der Waals surface area contributed by atoms with E-state index in [1.165, 1.54) is 199 Å². The van der Waals surface area contributed by atoms with E-state index in [0.717, 1.165) is 70.6 Å². The summed E-state index contributed by atoms with van der Waals surface area (Å²) in [6, 6.07) is 0. The molecule has 0 fully saturated rings. The molecule has 0 rings (SSSR count). The zero-order valence-electron chi connectivity index (χ0n) is 50.0. The number of nitrogens with zero attached hydrogens (tertiary/aromatic N) is 1. The molecular formula is C65H122NO8P. The summed E-state index contributed by atoms with van der Waals surface area (Å²) in [6.07, 6.45) is 71.7. The van der Waals surface area contributed by atoms with Gasteiger partial charge in [0.2, 0.25) is 0 Å². The number of ether oxygens (including phenoxy) is 2. The van der Waals surface area contributed by atoms with Gasteiger partial charge in [0.1, 0.15) is 19.8 Å². The Bertz CT molecular complexity index is 1410. The van der Waals surface area contributed by atoms with Gasteiger partial charge in [0.15, 0.2) is 6.10 Å². The van der Waals surface area contributed by atoms with Gasteiger partial charge in [-0.3, -0.25) is 14.2 Å². The number of esters is 2. The van der Waals surface area contributed by atoms with Crippen LogP contribution in [0.1, 0.15) is 303 Å². The number of allylic oxidation sites excluding steroid dienone is 8. The molecule has 0 heterocycles. The SMILES string of the molecule is CC/C=C\C/C=C\C/C=C\C/C=C\CCCCCCCCCCCCC(=O)OC(COC(=O)CCCCCCCCCCCCCCCCCCCCCCCCCCCCCC)COP(=O)([O-])OCC[N+](C)(C)C. The fraction of sp³-hybridized carbons (Fsp3) is 0.846. The topological polar surface area (TPSA) is 111 Å². The molecule has 0 aliphatic heterocycles. The molecule has 0 aliphatic rings. The zero-order valence-corrected chi connectivity index (χ0v) is 50.9. The molecular weight excluding hydrogens is 954 g/mol. The second-order valence-electron chi connectivity index (χ2n) is 22.8. The molecule has 0 saturated heterocycles. The van der Waals surface area contributed by atoms with Gasteiger partial charge in [0.25, 0.3) is 7.82 Å². The first-order chi connectivity index (χ1) is 36.5. The zero-order chi connectivity index (χ0) is 54.9. The van der Waals surface area contributed by atoms with Gasteiger partial charge < -0.3 is 27.9 Å². The maximum atomic E-state index is 12.8. The number of carbonyl (C=O) groups is 2. The van der Waals surface area contributed by atoms with Crippen molar-refractivity contribution in [2.45, 2.75) is 309 Å². The lowest BCUT2D eigenvalue weighted by Gasteiger charge is -2.28. The van der Waals surface area contributed by atoms with Crippen molar-refractivity contribution in [3.8, 4) is 0 Å². The predicted octanol–water partition coefficient (Wildman–Crippen LogP) is 19.5. The first kappa shape index (κ1) is 73.0. The van der Waals surface area contributed by atoms with E-state index in [9.17, 15) is 19.0 Å². The van der Waals surface area contributed by atoms with Gasteiger partial charge in [-0.15, -0.1) is 0 Å². The average molecular weight is 1080 g/mol. The van der Waals surface area contributed by atoms with Crippen LogP contribution < -0.4 is 4.89 Å². The minimum atomic E-state index is -4.64.